The molecule has 0 aromatic heterocycles. The smallest absolute Gasteiger partial charge is 0.328 e. The molecule has 12 heavy (non-hydrogen) atoms. The van der Waals surface area contributed by atoms with Gasteiger partial charge in [-0.3, -0.25) is 0 Å². The molecule has 3 nitrogen and oxygen atoms in total. The van der Waals surface area contributed by atoms with E-state index in [4.69, 9.17) is 10.8 Å². The molecule has 0 atom stereocenters. The van der Waals surface area contributed by atoms with E-state index in [2.05, 4.69) is 0 Å². The molecule has 0 spiro atoms. The summed E-state index contributed by atoms with van der Waals surface area (Å²) in [4.78, 5) is 10.2. The maximum absolute atomic E-state index is 10.2. The zero-order chi connectivity index (χ0) is 8.27. The van der Waals surface area contributed by atoms with Crippen molar-refractivity contribution in [3.8, 4) is 0 Å². The van der Waals surface area contributed by atoms with Crippen LogP contribution in [0.4, 0.5) is 0 Å². The van der Waals surface area contributed by atoms with Gasteiger partial charge in [0.2, 0.25) is 0 Å². The van der Waals surface area contributed by atoms with Crippen molar-refractivity contribution in [2.75, 3.05) is 0 Å². The number of carboxylic acids is 1. The van der Waals surface area contributed by atoms with Gasteiger partial charge in [0.25, 0.3) is 0 Å². The van der Waals surface area contributed by atoms with Crippen LogP contribution >= 0.6 is 12.4 Å². The summed E-state index contributed by atoms with van der Waals surface area (Å²) in [7, 11) is 0. The van der Waals surface area contributed by atoms with E-state index in [0.29, 0.717) is 0 Å². The summed E-state index contributed by atoms with van der Waals surface area (Å²) >= 11 is 0. The summed E-state index contributed by atoms with van der Waals surface area (Å²) in [5, 5.41) is 8.42. The average Bonchev–Trinajstić information content (AvgIpc) is 1.93. The summed E-state index contributed by atoms with van der Waals surface area (Å²) in [5.74, 6) is -0.838. The molecule has 0 aromatic carbocycles. The third-order valence-corrected chi connectivity index (χ3v) is 2.00. The van der Waals surface area contributed by atoms with Gasteiger partial charge in [-0.15, -0.1) is 12.4 Å². The molecule has 1 aliphatic rings. The highest BCUT2D eigenvalue weighted by atomic mass is 35.5. The fourth-order valence-corrected chi connectivity index (χ4v) is 1.33. The molecule has 0 radical (unpaired) electrons. The van der Waals surface area contributed by atoms with Crippen LogP contribution in [0, 0.1) is 0 Å². The first-order valence-electron chi connectivity index (χ1n) is 3.86. The van der Waals surface area contributed by atoms with Crippen LogP contribution in [0.25, 0.3) is 0 Å². The van der Waals surface area contributed by atoms with Crippen molar-refractivity contribution >= 4 is 18.4 Å². The van der Waals surface area contributed by atoms with Gasteiger partial charge in [-0.2, -0.15) is 0 Å². The number of aliphatic carboxylic acids is 1. The number of carboxylic acid groups (broad SMARTS) is 1. The Morgan fingerprint density at radius 2 is 2.00 bits per heavy atom. The largest absolute Gasteiger partial charge is 0.478 e. The van der Waals surface area contributed by atoms with Gasteiger partial charge >= 0.3 is 5.97 Å². The summed E-state index contributed by atoms with van der Waals surface area (Å²) in [5.41, 5.74) is 6.68. The zero-order valence-electron chi connectivity index (χ0n) is 6.82. The quantitative estimate of drug-likeness (QED) is 0.615. The minimum Gasteiger partial charge on any atom is -0.478 e. The zero-order valence-corrected chi connectivity index (χ0v) is 7.64. The third kappa shape index (κ3) is 3.74. The lowest BCUT2D eigenvalue weighted by molar-refractivity contribution is -0.131. The Balaban J connectivity index is 0.00000121. The minimum atomic E-state index is -0.838. The number of rotatable bonds is 1. The van der Waals surface area contributed by atoms with E-state index in [0.717, 1.165) is 31.3 Å². The van der Waals surface area contributed by atoms with Gasteiger partial charge in [0.1, 0.15) is 0 Å². The first kappa shape index (κ1) is 11.5. The van der Waals surface area contributed by atoms with Gasteiger partial charge in [0.15, 0.2) is 0 Å². The van der Waals surface area contributed by atoms with Gasteiger partial charge in [-0.25, -0.2) is 4.79 Å². The summed E-state index contributed by atoms with van der Waals surface area (Å²) in [6, 6.07) is 0.279. The van der Waals surface area contributed by atoms with Crippen molar-refractivity contribution in [1.29, 1.82) is 0 Å². The normalized spacial score (nSPS) is 22.8. The number of hydrogen-bond donors (Lipinski definition) is 2. The Hall–Kier alpha value is -0.540. The van der Waals surface area contributed by atoms with Crippen molar-refractivity contribution in [2.45, 2.75) is 31.7 Å². The molecule has 0 aromatic rings. The topological polar surface area (TPSA) is 63.3 Å². The number of carbonyl (C=O) groups is 1. The Morgan fingerprint density at radius 3 is 2.42 bits per heavy atom. The van der Waals surface area contributed by atoms with Gasteiger partial charge in [0.05, 0.1) is 0 Å². The molecule has 0 saturated heterocycles. The van der Waals surface area contributed by atoms with Gasteiger partial charge in [-0.05, 0) is 25.7 Å². The van der Waals surface area contributed by atoms with Crippen molar-refractivity contribution in [3.05, 3.63) is 11.6 Å². The molecule has 0 aliphatic heterocycles. The SMILES string of the molecule is Cl.NC1CCC(=CC(=O)O)CC1. The second-order valence-corrected chi connectivity index (χ2v) is 2.98. The first-order valence-corrected chi connectivity index (χ1v) is 3.86. The lowest BCUT2D eigenvalue weighted by atomic mass is 9.91. The lowest BCUT2D eigenvalue weighted by Gasteiger charge is -2.19. The van der Waals surface area contributed by atoms with Crippen molar-refractivity contribution in [3.63, 3.8) is 0 Å². The molecule has 0 amide bonds. The Morgan fingerprint density at radius 1 is 1.50 bits per heavy atom. The second kappa shape index (κ2) is 5.17. The number of hydrogen-bond acceptors (Lipinski definition) is 2. The highest BCUT2D eigenvalue weighted by Gasteiger charge is 2.12. The predicted octanol–water partition coefficient (Wildman–Crippen LogP) is 1.32. The third-order valence-electron chi connectivity index (χ3n) is 2.00. The molecular weight excluding hydrogens is 178 g/mol. The monoisotopic (exact) mass is 191 g/mol. The van der Waals surface area contributed by atoms with Crippen LogP contribution in [0.15, 0.2) is 11.6 Å². The Kier molecular flexibility index (Phi) is 4.93. The minimum absolute atomic E-state index is 0. The van der Waals surface area contributed by atoms with Crippen molar-refractivity contribution < 1.29 is 9.90 Å². The maximum atomic E-state index is 10.2. The van der Waals surface area contributed by atoms with Crippen molar-refractivity contribution in [1.82, 2.24) is 0 Å². The molecule has 4 heteroatoms. The van der Waals surface area contributed by atoms with Crippen molar-refractivity contribution in [2.24, 2.45) is 5.73 Å². The summed E-state index contributed by atoms with van der Waals surface area (Å²) in [6.45, 7) is 0. The highest BCUT2D eigenvalue weighted by Crippen LogP contribution is 2.21. The number of nitrogens with two attached hydrogens (primary N) is 1. The van der Waals surface area contributed by atoms with Crippen LogP contribution in [-0.4, -0.2) is 17.1 Å². The van der Waals surface area contributed by atoms with Crippen LogP contribution in [0.5, 0.6) is 0 Å². The Bertz CT molecular complexity index is 181. The fraction of sp³-hybridized carbons (Fsp3) is 0.625. The predicted molar refractivity (Wildman–Crippen MR) is 49.4 cm³/mol. The van der Waals surface area contributed by atoms with E-state index in [-0.39, 0.29) is 18.4 Å². The summed E-state index contributed by atoms with van der Waals surface area (Å²) in [6.07, 6.45) is 4.88. The second-order valence-electron chi connectivity index (χ2n) is 2.98. The van der Waals surface area contributed by atoms with Crippen LogP contribution in [0.3, 0.4) is 0 Å². The number of allylic oxidation sites excluding steroid dienone is 1. The molecule has 3 N–H and O–H groups in total. The highest BCUT2D eigenvalue weighted by molar-refractivity contribution is 5.85. The average molecular weight is 192 g/mol. The molecule has 1 aliphatic carbocycles. The van der Waals surface area contributed by atoms with E-state index < -0.39 is 5.97 Å². The van der Waals surface area contributed by atoms with E-state index >= 15 is 0 Å². The fourth-order valence-electron chi connectivity index (χ4n) is 1.33. The van der Waals surface area contributed by atoms with E-state index in [1.807, 2.05) is 0 Å². The molecule has 1 rings (SSSR count). The molecule has 0 unspecified atom stereocenters. The molecule has 1 saturated carbocycles. The molecule has 1 fully saturated rings. The maximum Gasteiger partial charge on any atom is 0.328 e. The van der Waals surface area contributed by atoms with Crippen LogP contribution < -0.4 is 5.73 Å². The number of halogens is 1. The van der Waals surface area contributed by atoms with Crippen LogP contribution in [-0.2, 0) is 4.79 Å². The Labute approximate surface area is 78.0 Å². The standard InChI is InChI=1S/C8H13NO2.ClH/c9-7-3-1-6(2-4-7)5-8(10)11;/h5,7H,1-4,9H2,(H,10,11);1H. The summed E-state index contributed by atoms with van der Waals surface area (Å²) < 4.78 is 0. The van der Waals surface area contributed by atoms with Crippen LogP contribution in [0.1, 0.15) is 25.7 Å². The molecule has 0 bridgehead atoms. The lowest BCUT2D eigenvalue weighted by Crippen LogP contribution is -2.23. The molecule has 0 heterocycles. The van der Waals surface area contributed by atoms with Gasteiger partial charge < -0.3 is 10.8 Å². The first-order chi connectivity index (χ1) is 5.18. The van der Waals surface area contributed by atoms with E-state index in [9.17, 15) is 4.79 Å². The molecule has 70 valence electrons. The van der Waals surface area contributed by atoms with Gasteiger partial charge in [0, 0.05) is 12.1 Å². The van der Waals surface area contributed by atoms with Crippen LogP contribution in [0.2, 0.25) is 0 Å². The van der Waals surface area contributed by atoms with E-state index in [1.165, 1.54) is 6.08 Å². The molecular formula is C8H14ClNO2. The van der Waals surface area contributed by atoms with Gasteiger partial charge in [-0.1, -0.05) is 5.57 Å². The van der Waals surface area contributed by atoms with E-state index in [1.54, 1.807) is 0 Å².